The first-order valence-corrected chi connectivity index (χ1v) is 6.36. The number of carbonyl (C=O) groups is 2. The number of carbonyl (C=O) groups excluding carboxylic acids is 1. The molecule has 0 aromatic carbocycles. The van der Waals surface area contributed by atoms with Gasteiger partial charge in [-0.05, 0) is 38.8 Å². The lowest BCUT2D eigenvalue weighted by Crippen LogP contribution is -2.57. The van der Waals surface area contributed by atoms with E-state index in [2.05, 4.69) is 10.6 Å². The van der Waals surface area contributed by atoms with E-state index in [0.717, 1.165) is 32.4 Å². The molecule has 1 saturated heterocycles. The number of aliphatic carboxylic acids is 1. The Balaban J connectivity index is 1.98. The summed E-state index contributed by atoms with van der Waals surface area (Å²) in [6.45, 7) is 1.55. The van der Waals surface area contributed by atoms with Gasteiger partial charge in [-0.3, -0.25) is 9.59 Å². The Morgan fingerprint density at radius 2 is 1.94 bits per heavy atom. The zero-order valence-electron chi connectivity index (χ0n) is 10.00. The fraction of sp³-hybridized carbons (Fsp3) is 0.833. The van der Waals surface area contributed by atoms with Crippen LogP contribution in [0.3, 0.4) is 0 Å². The molecule has 0 radical (unpaired) electrons. The molecular weight excluding hydrogens is 220 g/mol. The number of carboxylic acids is 1. The predicted octanol–water partition coefficient (Wildman–Crippen LogP) is 0.500. The Morgan fingerprint density at radius 1 is 1.29 bits per heavy atom. The standard InChI is InChI=1S/C12H20N2O3/c15-10(16)8-12(4-6-13-7-5-12)14-11(17)9-2-1-3-9/h9,13H,1-8H2,(H,14,17)(H,15,16). The fourth-order valence-corrected chi connectivity index (χ4v) is 2.57. The third-order valence-electron chi connectivity index (χ3n) is 3.91. The summed E-state index contributed by atoms with van der Waals surface area (Å²) in [6, 6.07) is 0. The van der Waals surface area contributed by atoms with Crippen molar-refractivity contribution in [2.75, 3.05) is 13.1 Å². The highest BCUT2D eigenvalue weighted by atomic mass is 16.4. The number of rotatable bonds is 4. The molecule has 5 heteroatoms. The summed E-state index contributed by atoms with van der Waals surface area (Å²) < 4.78 is 0. The monoisotopic (exact) mass is 240 g/mol. The van der Waals surface area contributed by atoms with Crippen molar-refractivity contribution >= 4 is 11.9 Å². The van der Waals surface area contributed by atoms with Crippen LogP contribution < -0.4 is 10.6 Å². The van der Waals surface area contributed by atoms with E-state index >= 15 is 0 Å². The lowest BCUT2D eigenvalue weighted by atomic mass is 9.81. The molecular formula is C12H20N2O3. The average Bonchev–Trinajstić information content (AvgIpc) is 2.13. The molecule has 0 atom stereocenters. The second-order valence-electron chi connectivity index (χ2n) is 5.22. The second-order valence-corrected chi connectivity index (χ2v) is 5.22. The van der Waals surface area contributed by atoms with Gasteiger partial charge in [0.2, 0.25) is 5.91 Å². The minimum Gasteiger partial charge on any atom is -0.481 e. The lowest BCUT2D eigenvalue weighted by Gasteiger charge is -2.39. The first kappa shape index (κ1) is 12.4. The summed E-state index contributed by atoms with van der Waals surface area (Å²) in [4.78, 5) is 22.9. The van der Waals surface area contributed by atoms with E-state index in [1.54, 1.807) is 0 Å². The summed E-state index contributed by atoms with van der Waals surface area (Å²) >= 11 is 0. The number of hydrogen-bond acceptors (Lipinski definition) is 3. The molecule has 2 fully saturated rings. The first-order chi connectivity index (χ1) is 8.11. The van der Waals surface area contributed by atoms with Gasteiger partial charge in [0.1, 0.15) is 0 Å². The van der Waals surface area contributed by atoms with E-state index in [9.17, 15) is 9.59 Å². The Morgan fingerprint density at radius 3 is 2.41 bits per heavy atom. The smallest absolute Gasteiger partial charge is 0.305 e. The minimum atomic E-state index is -0.833. The van der Waals surface area contributed by atoms with Crippen molar-refractivity contribution in [2.24, 2.45) is 5.92 Å². The van der Waals surface area contributed by atoms with Crippen LogP contribution >= 0.6 is 0 Å². The van der Waals surface area contributed by atoms with Gasteiger partial charge >= 0.3 is 5.97 Å². The summed E-state index contributed by atoms with van der Waals surface area (Å²) in [6.07, 6.45) is 4.47. The highest BCUT2D eigenvalue weighted by Gasteiger charge is 2.38. The molecule has 0 bridgehead atoms. The number of piperidine rings is 1. The van der Waals surface area contributed by atoms with Crippen LogP contribution in [-0.4, -0.2) is 35.6 Å². The zero-order chi connectivity index (χ0) is 12.3. The molecule has 96 valence electrons. The maximum absolute atomic E-state index is 12.0. The van der Waals surface area contributed by atoms with Crippen LogP contribution in [-0.2, 0) is 9.59 Å². The van der Waals surface area contributed by atoms with Gasteiger partial charge in [0.05, 0.1) is 12.0 Å². The normalized spacial score (nSPS) is 23.8. The Hall–Kier alpha value is -1.10. The van der Waals surface area contributed by atoms with Crippen LogP contribution in [0.1, 0.15) is 38.5 Å². The molecule has 2 rings (SSSR count). The van der Waals surface area contributed by atoms with Gasteiger partial charge in [0.15, 0.2) is 0 Å². The van der Waals surface area contributed by atoms with Crippen LogP contribution in [0, 0.1) is 5.92 Å². The largest absolute Gasteiger partial charge is 0.481 e. The Bertz CT molecular complexity index is 307. The summed E-state index contributed by atoms with van der Waals surface area (Å²) in [5.74, 6) is -0.657. The molecule has 0 aromatic heterocycles. The SMILES string of the molecule is O=C(O)CC1(NC(=O)C2CCC2)CCNCC1. The van der Waals surface area contributed by atoms with Crippen molar-refractivity contribution in [3.8, 4) is 0 Å². The quantitative estimate of drug-likeness (QED) is 0.668. The van der Waals surface area contributed by atoms with E-state index in [-0.39, 0.29) is 18.2 Å². The van der Waals surface area contributed by atoms with Crippen molar-refractivity contribution in [1.82, 2.24) is 10.6 Å². The topological polar surface area (TPSA) is 78.4 Å². The van der Waals surface area contributed by atoms with Crippen LogP contribution in [0.4, 0.5) is 0 Å². The molecule has 1 heterocycles. The third kappa shape index (κ3) is 2.97. The van der Waals surface area contributed by atoms with Crippen LogP contribution in [0.2, 0.25) is 0 Å². The first-order valence-electron chi connectivity index (χ1n) is 6.36. The van der Waals surface area contributed by atoms with E-state index in [0.29, 0.717) is 12.8 Å². The molecule has 0 spiro atoms. The van der Waals surface area contributed by atoms with Crippen molar-refractivity contribution in [3.05, 3.63) is 0 Å². The number of carboxylic acid groups (broad SMARTS) is 1. The number of amides is 1. The fourth-order valence-electron chi connectivity index (χ4n) is 2.57. The number of nitrogens with one attached hydrogen (secondary N) is 2. The number of hydrogen-bond donors (Lipinski definition) is 3. The van der Waals surface area contributed by atoms with Gasteiger partial charge in [0, 0.05) is 5.92 Å². The van der Waals surface area contributed by atoms with E-state index in [1.165, 1.54) is 0 Å². The third-order valence-corrected chi connectivity index (χ3v) is 3.91. The van der Waals surface area contributed by atoms with Gasteiger partial charge in [0.25, 0.3) is 0 Å². The lowest BCUT2D eigenvalue weighted by molar-refractivity contribution is -0.140. The summed E-state index contributed by atoms with van der Waals surface area (Å²) in [7, 11) is 0. The summed E-state index contributed by atoms with van der Waals surface area (Å²) in [5, 5.41) is 15.2. The van der Waals surface area contributed by atoms with Crippen molar-refractivity contribution in [1.29, 1.82) is 0 Å². The van der Waals surface area contributed by atoms with Gasteiger partial charge in [-0.15, -0.1) is 0 Å². The van der Waals surface area contributed by atoms with Crippen molar-refractivity contribution in [3.63, 3.8) is 0 Å². The molecule has 1 aliphatic carbocycles. The molecule has 0 aromatic rings. The zero-order valence-corrected chi connectivity index (χ0v) is 10.00. The molecule has 1 amide bonds. The van der Waals surface area contributed by atoms with Crippen molar-refractivity contribution in [2.45, 2.75) is 44.1 Å². The Kier molecular flexibility index (Phi) is 3.66. The van der Waals surface area contributed by atoms with E-state index in [1.807, 2.05) is 0 Å². The van der Waals surface area contributed by atoms with Crippen LogP contribution in [0.15, 0.2) is 0 Å². The molecule has 17 heavy (non-hydrogen) atoms. The molecule has 5 nitrogen and oxygen atoms in total. The second kappa shape index (κ2) is 5.04. The van der Waals surface area contributed by atoms with Crippen LogP contribution in [0.25, 0.3) is 0 Å². The molecule has 0 unspecified atom stereocenters. The molecule has 2 aliphatic rings. The molecule has 3 N–H and O–H groups in total. The predicted molar refractivity (Wildman–Crippen MR) is 62.6 cm³/mol. The van der Waals surface area contributed by atoms with Crippen LogP contribution in [0.5, 0.6) is 0 Å². The van der Waals surface area contributed by atoms with Crippen molar-refractivity contribution < 1.29 is 14.7 Å². The molecule has 1 aliphatic heterocycles. The minimum absolute atomic E-state index is 0.0349. The van der Waals surface area contributed by atoms with Gasteiger partial charge < -0.3 is 15.7 Å². The highest BCUT2D eigenvalue weighted by molar-refractivity contribution is 5.81. The van der Waals surface area contributed by atoms with Gasteiger partial charge in [-0.2, -0.15) is 0 Å². The van der Waals surface area contributed by atoms with Gasteiger partial charge in [-0.25, -0.2) is 0 Å². The molecule has 1 saturated carbocycles. The summed E-state index contributed by atoms with van der Waals surface area (Å²) in [5.41, 5.74) is -0.524. The average molecular weight is 240 g/mol. The van der Waals surface area contributed by atoms with E-state index < -0.39 is 11.5 Å². The van der Waals surface area contributed by atoms with E-state index in [4.69, 9.17) is 5.11 Å². The van der Waals surface area contributed by atoms with Gasteiger partial charge in [-0.1, -0.05) is 6.42 Å². The Labute approximate surface area is 101 Å². The maximum atomic E-state index is 12.0. The maximum Gasteiger partial charge on any atom is 0.305 e. The highest BCUT2D eigenvalue weighted by Crippen LogP contribution is 2.29.